The molecule has 0 heterocycles. The third-order valence-electron chi connectivity index (χ3n) is 5.04. The Labute approximate surface area is 164 Å². The molecule has 3 heteroatoms. The van der Waals surface area contributed by atoms with Crippen LogP contribution in [0.15, 0.2) is 47.6 Å². The second-order valence-electron chi connectivity index (χ2n) is 7.34. The third-order valence-corrected chi connectivity index (χ3v) is 5.04. The van der Waals surface area contributed by atoms with Crippen LogP contribution in [0.3, 0.4) is 0 Å². The maximum absolute atomic E-state index is 12.0. The number of hydrazone groups is 1. The second kappa shape index (κ2) is 12.3. The molecule has 0 unspecified atom stereocenters. The number of amides is 1. The van der Waals surface area contributed by atoms with Gasteiger partial charge in [-0.25, -0.2) is 5.43 Å². The first-order valence-electron chi connectivity index (χ1n) is 10.5. The quantitative estimate of drug-likeness (QED) is 0.256. The molecule has 3 nitrogen and oxygen atoms in total. The normalized spacial score (nSPS) is 11.7. The summed E-state index contributed by atoms with van der Waals surface area (Å²) in [4.78, 5) is 12.0. The van der Waals surface area contributed by atoms with Gasteiger partial charge in [0.15, 0.2) is 0 Å². The van der Waals surface area contributed by atoms with Crippen LogP contribution in [0, 0.1) is 0 Å². The molecule has 0 atom stereocenters. The van der Waals surface area contributed by atoms with E-state index in [-0.39, 0.29) is 5.91 Å². The Hall–Kier alpha value is -2.16. The van der Waals surface area contributed by atoms with Gasteiger partial charge in [-0.15, -0.1) is 0 Å². The molecule has 0 aliphatic rings. The maximum atomic E-state index is 12.0. The second-order valence-corrected chi connectivity index (χ2v) is 7.34. The van der Waals surface area contributed by atoms with Gasteiger partial charge in [-0.1, -0.05) is 101 Å². The van der Waals surface area contributed by atoms with E-state index in [9.17, 15) is 4.79 Å². The summed E-state index contributed by atoms with van der Waals surface area (Å²) >= 11 is 0. The number of benzene rings is 2. The van der Waals surface area contributed by atoms with E-state index in [4.69, 9.17) is 0 Å². The van der Waals surface area contributed by atoms with Crippen molar-refractivity contribution < 1.29 is 4.79 Å². The maximum Gasteiger partial charge on any atom is 0.240 e. The average Bonchev–Trinajstić information content (AvgIpc) is 2.70. The van der Waals surface area contributed by atoms with Crippen LogP contribution < -0.4 is 5.43 Å². The topological polar surface area (TPSA) is 41.5 Å². The van der Waals surface area contributed by atoms with E-state index in [0.29, 0.717) is 6.42 Å². The Morgan fingerprint density at radius 1 is 0.852 bits per heavy atom. The van der Waals surface area contributed by atoms with Gasteiger partial charge in [0.1, 0.15) is 0 Å². The minimum absolute atomic E-state index is 0.0116. The highest BCUT2D eigenvalue weighted by Gasteiger charge is 2.05. The molecule has 146 valence electrons. The number of hydrogen-bond donors (Lipinski definition) is 1. The highest BCUT2D eigenvalue weighted by Crippen LogP contribution is 2.19. The zero-order chi connectivity index (χ0) is 19.3. The van der Waals surface area contributed by atoms with E-state index in [1.54, 1.807) is 0 Å². The smallest absolute Gasteiger partial charge is 0.240 e. The molecular weight excluding hydrogens is 332 g/mol. The van der Waals surface area contributed by atoms with Crippen molar-refractivity contribution in [2.24, 2.45) is 5.10 Å². The van der Waals surface area contributed by atoms with E-state index in [2.05, 4.69) is 35.7 Å². The molecule has 1 N–H and O–H groups in total. The first-order chi connectivity index (χ1) is 13.2. The Bertz CT molecular complexity index is 731. The van der Waals surface area contributed by atoms with Gasteiger partial charge in [0, 0.05) is 12.0 Å². The summed E-state index contributed by atoms with van der Waals surface area (Å²) in [6.45, 7) is 4.19. The van der Waals surface area contributed by atoms with Gasteiger partial charge in [-0.2, -0.15) is 5.10 Å². The number of carbonyl (C=O) groups is 1. The SMILES string of the molecule is CCCCCCCCCCCC(=O)N/N=C(\C)c1cccc2ccccc12. The first kappa shape index (κ1) is 21.1. The summed E-state index contributed by atoms with van der Waals surface area (Å²) in [5.74, 6) is 0.0116. The summed E-state index contributed by atoms with van der Waals surface area (Å²) in [7, 11) is 0. The summed E-state index contributed by atoms with van der Waals surface area (Å²) in [5.41, 5.74) is 4.63. The molecule has 2 rings (SSSR count). The zero-order valence-electron chi connectivity index (χ0n) is 17.0. The predicted octanol–water partition coefficient (Wildman–Crippen LogP) is 6.60. The lowest BCUT2D eigenvalue weighted by Crippen LogP contribution is -2.18. The first-order valence-corrected chi connectivity index (χ1v) is 10.5. The van der Waals surface area contributed by atoms with Crippen molar-refractivity contribution in [2.45, 2.75) is 78.1 Å². The molecule has 0 saturated carbocycles. The van der Waals surface area contributed by atoms with Gasteiger partial charge in [0.2, 0.25) is 5.91 Å². The molecule has 0 aromatic heterocycles. The van der Waals surface area contributed by atoms with Crippen molar-refractivity contribution in [2.75, 3.05) is 0 Å². The highest BCUT2D eigenvalue weighted by molar-refractivity contribution is 6.09. The Kier molecular flexibility index (Phi) is 9.61. The van der Waals surface area contributed by atoms with Crippen LogP contribution in [-0.2, 0) is 4.79 Å². The fourth-order valence-electron chi connectivity index (χ4n) is 3.40. The van der Waals surface area contributed by atoms with E-state index in [1.165, 1.54) is 50.3 Å². The van der Waals surface area contributed by atoms with E-state index < -0.39 is 0 Å². The Morgan fingerprint density at radius 3 is 2.22 bits per heavy atom. The number of carbonyl (C=O) groups excluding carboxylic acids is 1. The van der Waals surface area contributed by atoms with Crippen LogP contribution in [-0.4, -0.2) is 11.6 Å². The van der Waals surface area contributed by atoms with E-state index in [0.717, 1.165) is 29.5 Å². The molecular formula is C24H34N2O. The standard InChI is InChI=1S/C24H34N2O/c1-3-4-5-6-7-8-9-10-11-19-24(27)26-25-20(2)22-18-14-16-21-15-12-13-17-23(21)22/h12-18H,3-11,19H2,1-2H3,(H,26,27)/b25-20+. The van der Waals surface area contributed by atoms with Crippen molar-refractivity contribution in [1.82, 2.24) is 5.43 Å². The lowest BCUT2D eigenvalue weighted by molar-refractivity contribution is -0.121. The van der Waals surface area contributed by atoms with Crippen molar-refractivity contribution in [3.8, 4) is 0 Å². The molecule has 0 aliphatic heterocycles. The van der Waals surface area contributed by atoms with Gasteiger partial charge in [0.05, 0.1) is 5.71 Å². The Balaban J connectivity index is 1.68. The summed E-state index contributed by atoms with van der Waals surface area (Å²) < 4.78 is 0. The summed E-state index contributed by atoms with van der Waals surface area (Å²) in [6.07, 6.45) is 11.9. The van der Waals surface area contributed by atoms with Crippen LogP contribution in [0.2, 0.25) is 0 Å². The van der Waals surface area contributed by atoms with Gasteiger partial charge >= 0.3 is 0 Å². The molecule has 0 bridgehead atoms. The number of unbranched alkanes of at least 4 members (excludes halogenated alkanes) is 8. The zero-order valence-corrected chi connectivity index (χ0v) is 17.0. The largest absolute Gasteiger partial charge is 0.273 e. The third kappa shape index (κ3) is 7.54. The Morgan fingerprint density at radius 2 is 1.48 bits per heavy atom. The fourth-order valence-corrected chi connectivity index (χ4v) is 3.40. The fraction of sp³-hybridized carbons (Fsp3) is 0.500. The molecule has 0 aliphatic carbocycles. The number of nitrogens with zero attached hydrogens (tertiary/aromatic N) is 1. The lowest BCUT2D eigenvalue weighted by atomic mass is 10.0. The van der Waals surface area contributed by atoms with Crippen molar-refractivity contribution >= 4 is 22.4 Å². The molecule has 0 saturated heterocycles. The van der Waals surface area contributed by atoms with Crippen molar-refractivity contribution in [3.63, 3.8) is 0 Å². The summed E-state index contributed by atoms with van der Waals surface area (Å²) in [5, 5.41) is 6.67. The molecule has 0 radical (unpaired) electrons. The highest BCUT2D eigenvalue weighted by atomic mass is 16.2. The summed E-state index contributed by atoms with van der Waals surface area (Å²) in [6, 6.07) is 14.4. The minimum atomic E-state index is 0.0116. The molecule has 2 aromatic rings. The van der Waals surface area contributed by atoms with Gasteiger partial charge in [-0.05, 0) is 24.1 Å². The average molecular weight is 367 g/mol. The predicted molar refractivity (Wildman–Crippen MR) is 116 cm³/mol. The number of fused-ring (bicyclic) bond motifs is 1. The number of hydrogen-bond acceptors (Lipinski definition) is 2. The number of nitrogens with one attached hydrogen (secondary N) is 1. The van der Waals surface area contributed by atoms with Crippen molar-refractivity contribution in [1.29, 1.82) is 0 Å². The molecule has 2 aromatic carbocycles. The molecule has 0 fully saturated rings. The minimum Gasteiger partial charge on any atom is -0.273 e. The molecule has 1 amide bonds. The number of rotatable bonds is 12. The van der Waals surface area contributed by atoms with Crippen LogP contribution in [0.4, 0.5) is 0 Å². The van der Waals surface area contributed by atoms with Crippen molar-refractivity contribution in [3.05, 3.63) is 48.0 Å². The van der Waals surface area contributed by atoms with Crippen LogP contribution in [0.5, 0.6) is 0 Å². The lowest BCUT2D eigenvalue weighted by Gasteiger charge is -2.07. The van der Waals surface area contributed by atoms with Gasteiger partial charge in [-0.3, -0.25) is 4.79 Å². The molecule has 0 spiro atoms. The van der Waals surface area contributed by atoms with E-state index >= 15 is 0 Å². The van der Waals surface area contributed by atoms with Crippen LogP contribution >= 0.6 is 0 Å². The molecule has 27 heavy (non-hydrogen) atoms. The monoisotopic (exact) mass is 366 g/mol. The van der Waals surface area contributed by atoms with E-state index in [1.807, 2.05) is 31.2 Å². The van der Waals surface area contributed by atoms with Crippen LogP contribution in [0.1, 0.15) is 83.6 Å². The van der Waals surface area contributed by atoms with Gasteiger partial charge in [0.25, 0.3) is 0 Å². The van der Waals surface area contributed by atoms with Crippen LogP contribution in [0.25, 0.3) is 10.8 Å². The van der Waals surface area contributed by atoms with Gasteiger partial charge < -0.3 is 0 Å².